The summed E-state index contributed by atoms with van der Waals surface area (Å²) in [5.41, 5.74) is 0.969. The molecule has 0 bridgehead atoms. The van der Waals surface area contributed by atoms with Crippen molar-refractivity contribution in [2.24, 2.45) is 0 Å². The van der Waals surface area contributed by atoms with E-state index in [-0.39, 0.29) is 17.3 Å². The van der Waals surface area contributed by atoms with E-state index in [9.17, 15) is 14.3 Å². The molecule has 0 spiro atoms. The van der Waals surface area contributed by atoms with Gasteiger partial charge in [0.1, 0.15) is 11.6 Å². The molecule has 0 aliphatic rings. The third kappa shape index (κ3) is 2.83. The second kappa shape index (κ2) is 5.27. The monoisotopic (exact) mass is 242 g/mol. The van der Waals surface area contributed by atoms with E-state index >= 15 is 0 Å². The molecule has 0 saturated heterocycles. The third-order valence-electron chi connectivity index (χ3n) is 2.48. The van der Waals surface area contributed by atoms with Crippen molar-refractivity contribution in [2.75, 3.05) is 0 Å². The Balaban J connectivity index is 2.17. The maximum Gasteiger partial charge on any atom is 0.185 e. The number of phenolic OH excluding ortho intramolecular Hbond substituents is 1. The van der Waals surface area contributed by atoms with Crippen LogP contribution in [-0.4, -0.2) is 10.9 Å². The van der Waals surface area contributed by atoms with Crippen molar-refractivity contribution < 1.29 is 14.3 Å². The minimum absolute atomic E-state index is 0.112. The summed E-state index contributed by atoms with van der Waals surface area (Å²) in [5.74, 6) is -0.504. The molecule has 0 fully saturated rings. The summed E-state index contributed by atoms with van der Waals surface area (Å²) in [6.07, 6.45) is 2.88. The van der Waals surface area contributed by atoms with E-state index in [0.29, 0.717) is 11.1 Å². The Bertz CT molecular complexity index is 586. The molecule has 0 unspecified atom stereocenters. The SMILES string of the molecule is O=C(/C=C/c1ccccc1O)c1ccc(F)cc1. The van der Waals surface area contributed by atoms with Crippen molar-refractivity contribution in [3.63, 3.8) is 0 Å². The molecule has 0 heterocycles. The summed E-state index contributed by atoms with van der Waals surface area (Å²) in [7, 11) is 0. The fourth-order valence-electron chi connectivity index (χ4n) is 1.50. The van der Waals surface area contributed by atoms with Crippen molar-refractivity contribution in [2.45, 2.75) is 0 Å². The Morgan fingerprint density at radius 1 is 1.06 bits per heavy atom. The number of carbonyl (C=O) groups excluding carboxylic acids is 1. The van der Waals surface area contributed by atoms with E-state index in [1.807, 2.05) is 0 Å². The van der Waals surface area contributed by atoms with Crippen LogP contribution in [0, 0.1) is 5.82 Å². The van der Waals surface area contributed by atoms with Gasteiger partial charge in [0.15, 0.2) is 5.78 Å². The highest BCUT2D eigenvalue weighted by Crippen LogP contribution is 2.17. The van der Waals surface area contributed by atoms with Gasteiger partial charge < -0.3 is 5.11 Å². The fraction of sp³-hybridized carbons (Fsp3) is 0. The number of phenols is 1. The van der Waals surface area contributed by atoms with E-state index in [4.69, 9.17) is 0 Å². The van der Waals surface area contributed by atoms with Gasteiger partial charge in [-0.3, -0.25) is 4.79 Å². The first-order chi connectivity index (χ1) is 8.66. The fourth-order valence-corrected chi connectivity index (χ4v) is 1.50. The maximum absolute atomic E-state index is 12.7. The lowest BCUT2D eigenvalue weighted by Crippen LogP contribution is -1.93. The minimum atomic E-state index is -0.378. The van der Waals surface area contributed by atoms with Crippen LogP contribution < -0.4 is 0 Å². The smallest absolute Gasteiger partial charge is 0.185 e. The zero-order valence-corrected chi connectivity index (χ0v) is 9.51. The molecular weight excluding hydrogens is 231 g/mol. The van der Waals surface area contributed by atoms with Crippen LogP contribution in [0.3, 0.4) is 0 Å². The number of para-hydroxylation sites is 1. The molecule has 0 atom stereocenters. The van der Waals surface area contributed by atoms with Crippen LogP contribution in [0.15, 0.2) is 54.6 Å². The van der Waals surface area contributed by atoms with Crippen LogP contribution in [-0.2, 0) is 0 Å². The lowest BCUT2D eigenvalue weighted by atomic mass is 10.1. The van der Waals surface area contributed by atoms with Gasteiger partial charge in [0.2, 0.25) is 0 Å². The van der Waals surface area contributed by atoms with Gasteiger partial charge in [0.05, 0.1) is 0 Å². The highest BCUT2D eigenvalue weighted by atomic mass is 19.1. The molecule has 0 aliphatic carbocycles. The van der Waals surface area contributed by atoms with Gasteiger partial charge in [-0.05, 0) is 42.5 Å². The standard InChI is InChI=1S/C15H11FO2/c16-13-8-5-12(6-9-13)15(18)10-7-11-3-1-2-4-14(11)17/h1-10,17H/b10-7+. The summed E-state index contributed by atoms with van der Waals surface area (Å²) in [5, 5.41) is 9.52. The van der Waals surface area contributed by atoms with Gasteiger partial charge in [0, 0.05) is 11.1 Å². The third-order valence-corrected chi connectivity index (χ3v) is 2.48. The molecule has 0 amide bonds. The molecule has 0 saturated carbocycles. The molecule has 0 aromatic heterocycles. The molecule has 1 N–H and O–H groups in total. The minimum Gasteiger partial charge on any atom is -0.507 e. The van der Waals surface area contributed by atoms with Gasteiger partial charge in [-0.15, -0.1) is 0 Å². The summed E-state index contributed by atoms with van der Waals surface area (Å²) >= 11 is 0. The van der Waals surface area contributed by atoms with Crippen LogP contribution >= 0.6 is 0 Å². The molecule has 0 aliphatic heterocycles. The molecular formula is C15H11FO2. The van der Waals surface area contributed by atoms with E-state index < -0.39 is 0 Å². The zero-order chi connectivity index (χ0) is 13.0. The lowest BCUT2D eigenvalue weighted by molar-refractivity contribution is 0.104. The predicted molar refractivity (Wildman–Crippen MR) is 67.9 cm³/mol. The van der Waals surface area contributed by atoms with Gasteiger partial charge in [-0.1, -0.05) is 18.2 Å². The second-order valence-electron chi connectivity index (χ2n) is 3.76. The zero-order valence-electron chi connectivity index (χ0n) is 9.51. The Labute approximate surface area is 104 Å². The first-order valence-corrected chi connectivity index (χ1v) is 5.43. The van der Waals surface area contributed by atoms with Crippen molar-refractivity contribution >= 4 is 11.9 Å². The summed E-state index contributed by atoms with van der Waals surface area (Å²) in [4.78, 5) is 11.7. The van der Waals surface area contributed by atoms with Gasteiger partial charge in [0.25, 0.3) is 0 Å². The number of aromatic hydroxyl groups is 1. The molecule has 18 heavy (non-hydrogen) atoms. The van der Waals surface area contributed by atoms with Crippen LogP contribution in [0.4, 0.5) is 4.39 Å². The number of halogens is 1. The molecule has 2 rings (SSSR count). The topological polar surface area (TPSA) is 37.3 Å². The number of rotatable bonds is 3. The predicted octanol–water partition coefficient (Wildman–Crippen LogP) is 3.43. The number of ketones is 1. The van der Waals surface area contributed by atoms with Crippen LogP contribution in [0.5, 0.6) is 5.75 Å². The lowest BCUT2D eigenvalue weighted by Gasteiger charge is -1.98. The first kappa shape index (κ1) is 12.0. The number of hydrogen-bond acceptors (Lipinski definition) is 2. The van der Waals surface area contributed by atoms with Gasteiger partial charge >= 0.3 is 0 Å². The number of benzene rings is 2. The first-order valence-electron chi connectivity index (χ1n) is 5.43. The number of hydrogen-bond donors (Lipinski definition) is 1. The van der Waals surface area contributed by atoms with E-state index in [2.05, 4.69) is 0 Å². The molecule has 90 valence electrons. The highest BCUT2D eigenvalue weighted by molar-refractivity contribution is 6.06. The molecule has 2 aromatic rings. The van der Waals surface area contributed by atoms with E-state index in [0.717, 1.165) is 0 Å². The Morgan fingerprint density at radius 2 is 1.72 bits per heavy atom. The number of carbonyl (C=O) groups is 1. The molecule has 2 nitrogen and oxygen atoms in total. The normalized spacial score (nSPS) is 10.7. The summed E-state index contributed by atoms with van der Waals surface area (Å²) in [6.45, 7) is 0. The van der Waals surface area contributed by atoms with Crippen molar-refractivity contribution in [3.8, 4) is 5.75 Å². The van der Waals surface area contributed by atoms with Crippen molar-refractivity contribution in [1.82, 2.24) is 0 Å². The average Bonchev–Trinajstić information content (AvgIpc) is 2.38. The molecule has 2 aromatic carbocycles. The highest BCUT2D eigenvalue weighted by Gasteiger charge is 2.02. The quantitative estimate of drug-likeness (QED) is 0.661. The van der Waals surface area contributed by atoms with Crippen molar-refractivity contribution in [3.05, 3.63) is 71.6 Å². The van der Waals surface area contributed by atoms with Crippen molar-refractivity contribution in [1.29, 1.82) is 0 Å². The van der Waals surface area contributed by atoms with E-state index in [1.165, 1.54) is 36.4 Å². The maximum atomic E-state index is 12.7. The molecule has 0 radical (unpaired) electrons. The summed E-state index contributed by atoms with van der Waals surface area (Å²) < 4.78 is 12.7. The second-order valence-corrected chi connectivity index (χ2v) is 3.76. The summed E-state index contributed by atoms with van der Waals surface area (Å²) in [6, 6.07) is 12.0. The van der Waals surface area contributed by atoms with Gasteiger partial charge in [-0.2, -0.15) is 0 Å². The molecule has 3 heteroatoms. The Kier molecular flexibility index (Phi) is 3.53. The van der Waals surface area contributed by atoms with Crippen LogP contribution in [0.1, 0.15) is 15.9 Å². The number of allylic oxidation sites excluding steroid dienone is 1. The van der Waals surface area contributed by atoms with Crippen LogP contribution in [0.2, 0.25) is 0 Å². The van der Waals surface area contributed by atoms with Gasteiger partial charge in [-0.25, -0.2) is 4.39 Å². The average molecular weight is 242 g/mol. The Hall–Kier alpha value is -2.42. The van der Waals surface area contributed by atoms with E-state index in [1.54, 1.807) is 24.3 Å². The van der Waals surface area contributed by atoms with Crippen LogP contribution in [0.25, 0.3) is 6.08 Å². The Morgan fingerprint density at radius 3 is 2.39 bits per heavy atom. The largest absolute Gasteiger partial charge is 0.507 e.